The smallest absolute Gasteiger partial charge is 0.303 e. The Bertz CT molecular complexity index is 996. The van der Waals surface area contributed by atoms with E-state index in [4.69, 9.17) is 9.47 Å². The fourth-order valence-electron chi connectivity index (χ4n) is 12.1. The second-order valence-electron chi connectivity index (χ2n) is 16.4. The van der Waals surface area contributed by atoms with E-state index in [1.165, 1.54) is 58.3 Å². The topological polar surface area (TPSA) is 72.8 Å². The highest BCUT2D eigenvalue weighted by atomic mass is 16.6. The fourth-order valence-corrected chi connectivity index (χ4v) is 12.1. The van der Waals surface area contributed by atoms with Gasteiger partial charge in [-0.25, -0.2) is 0 Å². The monoisotopic (exact) mass is 544 g/mol. The van der Waals surface area contributed by atoms with Gasteiger partial charge in [0.1, 0.15) is 12.2 Å². The van der Waals surface area contributed by atoms with Crippen LogP contribution < -0.4 is 0 Å². The second-order valence-corrected chi connectivity index (χ2v) is 16.4. The van der Waals surface area contributed by atoms with Crippen molar-refractivity contribution < 1.29 is 24.2 Å². The summed E-state index contributed by atoms with van der Waals surface area (Å²) in [6, 6.07) is 0. The van der Waals surface area contributed by atoms with Gasteiger partial charge < -0.3 is 14.6 Å². The number of carbonyl (C=O) groups is 2. The zero-order chi connectivity index (χ0) is 28.8. The molecule has 5 fully saturated rings. The molecule has 0 unspecified atom stereocenters. The van der Waals surface area contributed by atoms with E-state index < -0.39 is 11.7 Å². The van der Waals surface area contributed by atoms with Gasteiger partial charge in [-0.1, -0.05) is 34.6 Å². The van der Waals surface area contributed by atoms with Gasteiger partial charge in [0.15, 0.2) is 0 Å². The quantitative estimate of drug-likeness (QED) is 0.336. The lowest BCUT2D eigenvalue weighted by Crippen LogP contribution is -2.58. The summed E-state index contributed by atoms with van der Waals surface area (Å²) < 4.78 is 11.4. The molecule has 5 rings (SSSR count). The van der Waals surface area contributed by atoms with Crippen LogP contribution in [-0.4, -0.2) is 34.9 Å². The van der Waals surface area contributed by atoms with Crippen molar-refractivity contribution in [1.29, 1.82) is 0 Å². The molecular formula is C34H56O5. The van der Waals surface area contributed by atoms with E-state index in [0.29, 0.717) is 45.8 Å². The van der Waals surface area contributed by atoms with E-state index in [-0.39, 0.29) is 23.5 Å². The minimum atomic E-state index is -1.03. The Morgan fingerprint density at radius 2 is 1.49 bits per heavy atom. The Hall–Kier alpha value is -1.10. The molecule has 5 aliphatic rings. The Morgan fingerprint density at radius 1 is 0.846 bits per heavy atom. The summed E-state index contributed by atoms with van der Waals surface area (Å²) in [6.07, 6.45) is 12.8. The van der Waals surface area contributed by atoms with Crippen LogP contribution in [0.4, 0.5) is 0 Å². The molecule has 0 aromatic heterocycles. The summed E-state index contributed by atoms with van der Waals surface area (Å²) in [4.78, 5) is 23.6. The van der Waals surface area contributed by atoms with E-state index in [2.05, 4.69) is 34.6 Å². The Labute approximate surface area is 237 Å². The molecule has 2 spiro atoms. The first kappa shape index (κ1) is 29.4. The van der Waals surface area contributed by atoms with Crippen molar-refractivity contribution in [3.05, 3.63) is 0 Å². The van der Waals surface area contributed by atoms with Crippen molar-refractivity contribution >= 4 is 11.9 Å². The number of hydrogen-bond donors (Lipinski definition) is 1. The minimum Gasteiger partial charge on any atom is -0.462 e. The average Bonchev–Trinajstić information content (AvgIpc) is 3.39. The van der Waals surface area contributed by atoms with Gasteiger partial charge in [0.05, 0.1) is 5.60 Å². The van der Waals surface area contributed by atoms with Gasteiger partial charge in [0, 0.05) is 19.3 Å². The van der Waals surface area contributed by atoms with Crippen LogP contribution >= 0.6 is 0 Å². The number of ether oxygens (including phenoxy) is 2. The molecule has 5 nitrogen and oxygen atoms in total. The zero-order valence-corrected chi connectivity index (χ0v) is 26.3. The van der Waals surface area contributed by atoms with Crippen LogP contribution in [0.15, 0.2) is 0 Å². The number of rotatable bonds is 7. The molecule has 5 saturated carbocycles. The third-order valence-electron chi connectivity index (χ3n) is 14.1. The molecule has 0 aromatic rings. The van der Waals surface area contributed by atoms with Gasteiger partial charge in [-0.2, -0.15) is 0 Å². The maximum atomic E-state index is 11.9. The Morgan fingerprint density at radius 3 is 2.10 bits per heavy atom. The molecule has 0 aromatic carbocycles. The van der Waals surface area contributed by atoms with Crippen LogP contribution in [0, 0.1) is 50.7 Å². The molecule has 0 radical (unpaired) electrons. The van der Waals surface area contributed by atoms with Crippen molar-refractivity contribution in [2.45, 2.75) is 151 Å². The van der Waals surface area contributed by atoms with Crippen molar-refractivity contribution in [2.24, 2.45) is 50.7 Å². The predicted octanol–water partition coefficient (Wildman–Crippen LogP) is 7.48. The molecule has 10 atom stereocenters. The van der Waals surface area contributed by atoms with Crippen molar-refractivity contribution in [3.8, 4) is 0 Å². The van der Waals surface area contributed by atoms with Gasteiger partial charge >= 0.3 is 11.9 Å². The van der Waals surface area contributed by atoms with E-state index in [1.807, 2.05) is 0 Å². The van der Waals surface area contributed by atoms with Crippen LogP contribution in [-0.2, 0) is 19.1 Å². The Kier molecular flexibility index (Phi) is 6.93. The lowest BCUT2D eigenvalue weighted by molar-refractivity contribution is -0.181. The summed E-state index contributed by atoms with van der Waals surface area (Å²) in [5.74, 6) is 2.22. The molecule has 0 saturated heterocycles. The zero-order valence-electron chi connectivity index (χ0n) is 26.3. The summed E-state index contributed by atoms with van der Waals surface area (Å²) in [7, 11) is 0. The largest absolute Gasteiger partial charge is 0.462 e. The number of carbonyl (C=O) groups excluding carboxylic acids is 2. The van der Waals surface area contributed by atoms with Gasteiger partial charge in [0.2, 0.25) is 0 Å². The SMILES string of the molecule is CC(=O)O[C@@H](CC[C@H](C)[C@H]1CC[C@@]2(C)[C@@H]3CC[C@H]4C(C)(C)[C@@H](OC(C)=O)CC[C@@]45C[C@@]35CC[C@]12C)C(C)(C)O. The molecule has 5 aliphatic carbocycles. The van der Waals surface area contributed by atoms with Crippen molar-refractivity contribution in [3.63, 3.8) is 0 Å². The standard InChI is InChI=1S/C34H56O5/c1-21(10-13-28(30(6,7)37)39-23(3)36)24-14-16-32(9)26-12-11-25-29(4,5)27(38-22(2)35)15-17-33(25)20-34(26,33)19-18-31(24,32)8/h21,24-28,37H,10-20H2,1-9H3/t21-,24+,25-,26-,27-,28-,31+,32-,33+,34-/m0/s1. The first-order valence-electron chi connectivity index (χ1n) is 16.0. The van der Waals surface area contributed by atoms with E-state index in [9.17, 15) is 14.7 Å². The van der Waals surface area contributed by atoms with E-state index >= 15 is 0 Å². The molecular weight excluding hydrogens is 488 g/mol. The summed E-state index contributed by atoms with van der Waals surface area (Å²) in [5, 5.41) is 10.6. The molecule has 0 heterocycles. The summed E-state index contributed by atoms with van der Waals surface area (Å²) >= 11 is 0. The lowest BCUT2D eigenvalue weighted by Gasteiger charge is -2.63. The van der Waals surface area contributed by atoms with Crippen LogP contribution in [0.1, 0.15) is 133 Å². The molecule has 0 bridgehead atoms. The van der Waals surface area contributed by atoms with Gasteiger partial charge in [-0.05, 0) is 130 Å². The lowest BCUT2D eigenvalue weighted by atomic mass is 9.41. The average molecular weight is 545 g/mol. The van der Waals surface area contributed by atoms with E-state index in [0.717, 1.165) is 18.8 Å². The highest BCUT2D eigenvalue weighted by Gasteiger charge is 2.82. The van der Waals surface area contributed by atoms with Crippen LogP contribution in [0.25, 0.3) is 0 Å². The van der Waals surface area contributed by atoms with Crippen LogP contribution in [0.2, 0.25) is 0 Å². The first-order valence-corrected chi connectivity index (χ1v) is 16.0. The minimum absolute atomic E-state index is 0.0474. The molecule has 0 amide bonds. The number of hydrogen-bond acceptors (Lipinski definition) is 5. The molecule has 1 N–H and O–H groups in total. The molecule has 5 heteroatoms. The molecule has 39 heavy (non-hydrogen) atoms. The molecule has 222 valence electrons. The van der Waals surface area contributed by atoms with Crippen molar-refractivity contribution in [2.75, 3.05) is 0 Å². The summed E-state index contributed by atoms with van der Waals surface area (Å²) in [5.41, 5.74) is 0.649. The Balaban J connectivity index is 1.33. The van der Waals surface area contributed by atoms with Gasteiger partial charge in [-0.3, -0.25) is 9.59 Å². The maximum absolute atomic E-state index is 11.9. The fraction of sp³-hybridized carbons (Fsp3) is 0.941. The van der Waals surface area contributed by atoms with E-state index in [1.54, 1.807) is 20.8 Å². The third-order valence-corrected chi connectivity index (χ3v) is 14.1. The first-order chi connectivity index (χ1) is 17.9. The highest BCUT2D eigenvalue weighted by Crippen LogP contribution is 2.89. The van der Waals surface area contributed by atoms with Gasteiger partial charge in [0.25, 0.3) is 0 Å². The number of esters is 2. The highest BCUT2D eigenvalue weighted by molar-refractivity contribution is 5.66. The third kappa shape index (κ3) is 4.16. The van der Waals surface area contributed by atoms with Gasteiger partial charge in [-0.15, -0.1) is 0 Å². The van der Waals surface area contributed by atoms with Crippen LogP contribution in [0.5, 0.6) is 0 Å². The van der Waals surface area contributed by atoms with Crippen LogP contribution in [0.3, 0.4) is 0 Å². The maximum Gasteiger partial charge on any atom is 0.303 e. The van der Waals surface area contributed by atoms with Crippen molar-refractivity contribution in [1.82, 2.24) is 0 Å². The summed E-state index contributed by atoms with van der Waals surface area (Å²) in [6.45, 7) is 19.0. The molecule has 0 aliphatic heterocycles. The second kappa shape index (κ2) is 9.20. The number of fused-ring (bicyclic) bond motifs is 2. The predicted molar refractivity (Wildman–Crippen MR) is 153 cm³/mol. The normalized spacial score (nSPS) is 45.6. The number of aliphatic hydroxyl groups is 1.